The van der Waals surface area contributed by atoms with E-state index in [0.717, 1.165) is 0 Å². The van der Waals surface area contributed by atoms with Crippen LogP contribution in [0.4, 0.5) is 0 Å². The molecule has 11 nitrogen and oxygen atoms in total. The summed E-state index contributed by atoms with van der Waals surface area (Å²) in [4.78, 5) is 11.9. The zero-order valence-electron chi connectivity index (χ0n) is 13.0. The molecule has 126 valence electrons. The van der Waals surface area contributed by atoms with Crippen molar-refractivity contribution in [1.82, 2.24) is 29.7 Å². The smallest absolute Gasteiger partial charge is 0.341 e. The number of hydrogen-bond acceptors (Lipinski definition) is 9. The summed E-state index contributed by atoms with van der Waals surface area (Å²) in [6.07, 6.45) is 8.42. The SMILES string of the molecule is COC(=O)c1cc(C=Nn2cnnc2)cc(/C=N/n2cnnc2)c1O. The van der Waals surface area contributed by atoms with Crippen molar-refractivity contribution in [3.8, 4) is 5.75 Å². The molecular weight excluding hydrogens is 328 g/mol. The Morgan fingerprint density at radius 3 is 2.16 bits per heavy atom. The normalized spacial score (nSPS) is 11.4. The average Bonchev–Trinajstić information content (AvgIpc) is 3.32. The summed E-state index contributed by atoms with van der Waals surface area (Å²) in [7, 11) is 1.23. The van der Waals surface area contributed by atoms with Gasteiger partial charge >= 0.3 is 5.97 Å². The Hall–Kier alpha value is -3.89. The molecule has 0 bridgehead atoms. The molecule has 0 radical (unpaired) electrons. The van der Waals surface area contributed by atoms with Crippen LogP contribution in [0.3, 0.4) is 0 Å². The summed E-state index contributed by atoms with van der Waals surface area (Å²) >= 11 is 0. The van der Waals surface area contributed by atoms with Crippen LogP contribution in [0.1, 0.15) is 21.5 Å². The van der Waals surface area contributed by atoms with Crippen LogP contribution in [0.25, 0.3) is 0 Å². The van der Waals surface area contributed by atoms with Crippen LogP contribution in [0, 0.1) is 0 Å². The third-order valence-electron chi connectivity index (χ3n) is 3.05. The topological polar surface area (TPSA) is 133 Å². The number of nitrogens with zero attached hydrogens (tertiary/aromatic N) is 8. The van der Waals surface area contributed by atoms with Crippen molar-refractivity contribution < 1.29 is 14.6 Å². The fourth-order valence-electron chi connectivity index (χ4n) is 1.89. The number of methoxy groups -OCH3 is 1. The van der Waals surface area contributed by atoms with Gasteiger partial charge < -0.3 is 9.84 Å². The highest BCUT2D eigenvalue weighted by Crippen LogP contribution is 2.24. The largest absolute Gasteiger partial charge is 0.506 e. The van der Waals surface area contributed by atoms with Crippen LogP contribution in [-0.4, -0.2) is 60.4 Å². The molecule has 0 aliphatic heterocycles. The van der Waals surface area contributed by atoms with Gasteiger partial charge in [0.15, 0.2) is 0 Å². The molecular formula is C14H12N8O3. The van der Waals surface area contributed by atoms with Crippen LogP contribution in [0.15, 0.2) is 47.6 Å². The molecule has 0 saturated carbocycles. The standard InChI is InChI=1S/C14H12N8O3/c1-25-14(24)12-3-10(4-19-21-6-15-16-7-21)2-11(13(12)23)5-20-22-8-17-18-9-22/h2-9,23H,1H3/b19-4?,20-5+. The number of benzene rings is 1. The minimum absolute atomic E-state index is 0.0135. The van der Waals surface area contributed by atoms with E-state index >= 15 is 0 Å². The Bertz CT molecular complexity index is 916. The maximum Gasteiger partial charge on any atom is 0.341 e. The predicted molar refractivity (Wildman–Crippen MR) is 85.5 cm³/mol. The van der Waals surface area contributed by atoms with E-state index in [-0.39, 0.29) is 11.3 Å². The first-order valence-electron chi connectivity index (χ1n) is 6.90. The fraction of sp³-hybridized carbons (Fsp3) is 0.0714. The Morgan fingerprint density at radius 2 is 1.60 bits per heavy atom. The van der Waals surface area contributed by atoms with Crippen molar-refractivity contribution >= 4 is 18.4 Å². The lowest BCUT2D eigenvalue weighted by Gasteiger charge is -2.07. The van der Waals surface area contributed by atoms with E-state index in [9.17, 15) is 9.90 Å². The zero-order chi connectivity index (χ0) is 17.6. The third kappa shape index (κ3) is 3.72. The minimum Gasteiger partial charge on any atom is -0.506 e. The molecule has 0 fully saturated rings. The van der Waals surface area contributed by atoms with Crippen molar-refractivity contribution in [2.45, 2.75) is 0 Å². The predicted octanol–water partition coefficient (Wildman–Crippen LogP) is 0.126. The number of carbonyl (C=O) groups excluding carboxylic acids is 1. The van der Waals surface area contributed by atoms with E-state index in [1.165, 1.54) is 60.3 Å². The number of rotatable bonds is 5. The van der Waals surface area contributed by atoms with Crippen LogP contribution >= 0.6 is 0 Å². The van der Waals surface area contributed by atoms with E-state index in [1.807, 2.05) is 0 Å². The monoisotopic (exact) mass is 340 g/mol. The van der Waals surface area contributed by atoms with Gasteiger partial charge in [0, 0.05) is 5.56 Å². The molecule has 0 saturated heterocycles. The molecule has 3 rings (SSSR count). The highest BCUT2D eigenvalue weighted by Gasteiger charge is 2.16. The number of ether oxygens (including phenoxy) is 1. The van der Waals surface area contributed by atoms with Gasteiger partial charge in [-0.05, 0) is 17.7 Å². The second-order valence-corrected chi connectivity index (χ2v) is 4.67. The lowest BCUT2D eigenvalue weighted by Crippen LogP contribution is -2.05. The summed E-state index contributed by atoms with van der Waals surface area (Å²) in [5.41, 5.74) is 0.819. The molecule has 2 heterocycles. The van der Waals surface area contributed by atoms with E-state index in [4.69, 9.17) is 0 Å². The van der Waals surface area contributed by atoms with Crippen LogP contribution in [0.2, 0.25) is 0 Å². The van der Waals surface area contributed by atoms with Gasteiger partial charge in [-0.3, -0.25) is 0 Å². The first kappa shape index (κ1) is 16.0. The summed E-state index contributed by atoms with van der Waals surface area (Å²) in [6, 6.07) is 3.05. The van der Waals surface area contributed by atoms with Gasteiger partial charge in [-0.1, -0.05) is 0 Å². The molecule has 0 unspecified atom stereocenters. The van der Waals surface area contributed by atoms with Crippen LogP contribution in [-0.2, 0) is 4.74 Å². The van der Waals surface area contributed by atoms with Crippen LogP contribution in [0.5, 0.6) is 5.75 Å². The first-order valence-corrected chi connectivity index (χ1v) is 6.90. The second-order valence-electron chi connectivity index (χ2n) is 4.67. The third-order valence-corrected chi connectivity index (χ3v) is 3.05. The quantitative estimate of drug-likeness (QED) is 0.515. The molecule has 0 aliphatic rings. The lowest BCUT2D eigenvalue weighted by molar-refractivity contribution is 0.0597. The molecule has 0 aliphatic carbocycles. The van der Waals surface area contributed by atoms with E-state index < -0.39 is 5.97 Å². The number of aromatic nitrogens is 6. The maximum atomic E-state index is 11.9. The summed E-state index contributed by atoms with van der Waals surface area (Å²) in [5.74, 6) is -0.943. The van der Waals surface area contributed by atoms with Crippen molar-refractivity contribution in [2.75, 3.05) is 7.11 Å². The maximum absolute atomic E-state index is 11.9. The number of phenolic OH excluding ortho intramolecular Hbond substituents is 1. The second kappa shape index (κ2) is 7.12. The molecule has 3 aromatic rings. The first-order chi connectivity index (χ1) is 12.2. The van der Waals surface area contributed by atoms with Crippen molar-refractivity contribution in [1.29, 1.82) is 0 Å². The van der Waals surface area contributed by atoms with Gasteiger partial charge in [-0.25, -0.2) is 14.1 Å². The minimum atomic E-state index is -0.684. The summed E-state index contributed by atoms with van der Waals surface area (Å²) in [6.45, 7) is 0. The van der Waals surface area contributed by atoms with E-state index in [2.05, 4.69) is 35.3 Å². The van der Waals surface area contributed by atoms with Crippen molar-refractivity contribution in [3.05, 3.63) is 54.1 Å². The number of carbonyl (C=O) groups is 1. The molecule has 0 atom stereocenters. The van der Waals surface area contributed by atoms with Gasteiger partial charge in [-0.15, -0.1) is 20.4 Å². The highest BCUT2D eigenvalue weighted by atomic mass is 16.5. The van der Waals surface area contributed by atoms with Crippen LogP contribution < -0.4 is 0 Å². The van der Waals surface area contributed by atoms with E-state index in [1.54, 1.807) is 6.07 Å². The fourth-order valence-corrected chi connectivity index (χ4v) is 1.89. The molecule has 25 heavy (non-hydrogen) atoms. The highest BCUT2D eigenvalue weighted by molar-refractivity contribution is 5.99. The summed E-state index contributed by atoms with van der Waals surface area (Å²) < 4.78 is 7.42. The zero-order valence-corrected chi connectivity index (χ0v) is 13.0. The summed E-state index contributed by atoms with van der Waals surface area (Å²) in [5, 5.41) is 33.0. The van der Waals surface area contributed by atoms with Gasteiger partial charge in [-0.2, -0.15) is 10.2 Å². The molecule has 1 N–H and O–H groups in total. The van der Waals surface area contributed by atoms with Gasteiger partial charge in [0.25, 0.3) is 0 Å². The Kier molecular flexibility index (Phi) is 4.55. The molecule has 2 aromatic heterocycles. The Labute approximate surface area is 140 Å². The number of phenols is 1. The number of aromatic hydroxyl groups is 1. The molecule has 11 heteroatoms. The number of hydrogen-bond donors (Lipinski definition) is 1. The Morgan fingerprint density at radius 1 is 1.04 bits per heavy atom. The lowest BCUT2D eigenvalue weighted by atomic mass is 10.0. The van der Waals surface area contributed by atoms with Gasteiger partial charge in [0.05, 0.1) is 19.5 Å². The van der Waals surface area contributed by atoms with Gasteiger partial charge in [0.1, 0.15) is 36.6 Å². The molecule has 1 aromatic carbocycles. The van der Waals surface area contributed by atoms with Crippen molar-refractivity contribution in [2.24, 2.45) is 10.2 Å². The van der Waals surface area contributed by atoms with Crippen molar-refractivity contribution in [3.63, 3.8) is 0 Å². The molecule has 0 spiro atoms. The molecule has 0 amide bonds. The van der Waals surface area contributed by atoms with E-state index in [0.29, 0.717) is 11.1 Å². The Balaban J connectivity index is 2.00. The number of esters is 1. The van der Waals surface area contributed by atoms with Gasteiger partial charge in [0.2, 0.25) is 0 Å². The average molecular weight is 340 g/mol.